The van der Waals surface area contributed by atoms with Gasteiger partial charge in [0.2, 0.25) is 0 Å². The van der Waals surface area contributed by atoms with Crippen molar-refractivity contribution in [2.75, 3.05) is 5.32 Å². The van der Waals surface area contributed by atoms with Crippen LogP contribution in [0.2, 0.25) is 0 Å². The van der Waals surface area contributed by atoms with Crippen molar-refractivity contribution in [2.24, 2.45) is 12.2 Å². The standard InChI is InChI=1S/C20H23N7O3/c1-20(2,3)30-19(28)23-17-11-7-9-15(22-17)13-29-21-12-14-8-5-6-10-16(14)18-24-25-26-27(18)4/h5-12H,13H2,1-4H3,(H,22,23,28)/b21-12-. The number of hydrogen-bond donors (Lipinski definition) is 1. The molecule has 0 saturated carbocycles. The minimum atomic E-state index is -0.586. The van der Waals surface area contributed by atoms with Gasteiger partial charge in [-0.25, -0.2) is 14.5 Å². The fourth-order valence-electron chi connectivity index (χ4n) is 2.51. The highest BCUT2D eigenvalue weighted by Crippen LogP contribution is 2.19. The SMILES string of the molecule is Cn1nnnc1-c1ccccc1/C=N\OCc1cccc(NC(=O)OC(C)(C)C)n1. The maximum absolute atomic E-state index is 11.9. The summed E-state index contributed by atoms with van der Waals surface area (Å²) in [5.74, 6) is 0.995. The molecular formula is C20H23N7O3. The molecule has 0 aliphatic carbocycles. The zero-order chi connectivity index (χ0) is 21.6. The van der Waals surface area contributed by atoms with Crippen molar-refractivity contribution >= 4 is 18.1 Å². The van der Waals surface area contributed by atoms with Crippen LogP contribution >= 0.6 is 0 Å². The van der Waals surface area contributed by atoms with Gasteiger partial charge >= 0.3 is 6.09 Å². The lowest BCUT2D eigenvalue weighted by Crippen LogP contribution is -2.27. The van der Waals surface area contributed by atoms with Crippen molar-refractivity contribution in [3.63, 3.8) is 0 Å². The highest BCUT2D eigenvalue weighted by atomic mass is 16.6. The molecule has 2 aromatic heterocycles. The predicted molar refractivity (Wildman–Crippen MR) is 111 cm³/mol. The van der Waals surface area contributed by atoms with Crippen molar-refractivity contribution < 1.29 is 14.4 Å². The third-order valence-electron chi connectivity index (χ3n) is 3.74. The first kappa shape index (κ1) is 20.9. The zero-order valence-corrected chi connectivity index (χ0v) is 17.2. The van der Waals surface area contributed by atoms with Crippen LogP contribution in [0.25, 0.3) is 11.4 Å². The van der Waals surface area contributed by atoms with Gasteiger partial charge in [-0.15, -0.1) is 5.10 Å². The van der Waals surface area contributed by atoms with Crippen LogP contribution in [0.5, 0.6) is 0 Å². The topological polar surface area (TPSA) is 116 Å². The van der Waals surface area contributed by atoms with Gasteiger partial charge in [-0.1, -0.05) is 35.5 Å². The van der Waals surface area contributed by atoms with Crippen LogP contribution in [0.3, 0.4) is 0 Å². The van der Waals surface area contributed by atoms with Crippen LogP contribution in [-0.4, -0.2) is 43.1 Å². The van der Waals surface area contributed by atoms with Gasteiger partial charge in [-0.3, -0.25) is 5.32 Å². The fraction of sp³-hybridized carbons (Fsp3) is 0.300. The molecular weight excluding hydrogens is 386 g/mol. The number of rotatable bonds is 6. The van der Waals surface area contributed by atoms with E-state index < -0.39 is 11.7 Å². The van der Waals surface area contributed by atoms with E-state index >= 15 is 0 Å². The second-order valence-corrected chi connectivity index (χ2v) is 7.36. The molecule has 0 spiro atoms. The van der Waals surface area contributed by atoms with Gasteiger partial charge in [0.25, 0.3) is 0 Å². The van der Waals surface area contributed by atoms with Crippen molar-refractivity contribution in [2.45, 2.75) is 33.0 Å². The molecule has 0 unspecified atom stereocenters. The van der Waals surface area contributed by atoms with Crippen molar-refractivity contribution in [3.05, 3.63) is 53.7 Å². The lowest BCUT2D eigenvalue weighted by molar-refractivity contribution is 0.0635. The summed E-state index contributed by atoms with van der Waals surface area (Å²) in [6, 6.07) is 12.8. The number of nitrogens with one attached hydrogen (secondary N) is 1. The molecule has 1 aromatic carbocycles. The number of pyridine rings is 1. The number of aryl methyl sites for hydroxylation is 1. The molecule has 0 fully saturated rings. The van der Waals surface area contributed by atoms with Crippen LogP contribution < -0.4 is 5.32 Å². The molecule has 0 bridgehead atoms. The molecule has 3 rings (SSSR count). The minimum Gasteiger partial charge on any atom is -0.444 e. The van der Waals surface area contributed by atoms with E-state index in [9.17, 15) is 4.79 Å². The number of tetrazole rings is 1. The number of carbonyl (C=O) groups is 1. The average Bonchev–Trinajstić information content (AvgIpc) is 3.10. The van der Waals surface area contributed by atoms with E-state index in [2.05, 4.69) is 31.0 Å². The minimum absolute atomic E-state index is 0.133. The van der Waals surface area contributed by atoms with E-state index in [1.165, 1.54) is 0 Å². The maximum atomic E-state index is 11.9. The van der Waals surface area contributed by atoms with Crippen LogP contribution in [-0.2, 0) is 23.2 Å². The van der Waals surface area contributed by atoms with Crippen LogP contribution in [0.4, 0.5) is 10.6 Å². The first-order chi connectivity index (χ1) is 14.3. The van der Waals surface area contributed by atoms with E-state index in [1.807, 2.05) is 24.3 Å². The van der Waals surface area contributed by atoms with Crippen molar-refractivity contribution in [3.8, 4) is 11.4 Å². The number of nitrogens with zero attached hydrogens (tertiary/aromatic N) is 6. The largest absolute Gasteiger partial charge is 0.444 e. The van der Waals surface area contributed by atoms with E-state index in [-0.39, 0.29) is 6.61 Å². The molecule has 2 heterocycles. The molecule has 156 valence electrons. The van der Waals surface area contributed by atoms with Gasteiger partial charge in [-0.05, 0) is 43.3 Å². The number of amides is 1. The third kappa shape index (κ3) is 5.84. The summed E-state index contributed by atoms with van der Waals surface area (Å²) in [5, 5.41) is 18.2. The number of ether oxygens (including phenoxy) is 1. The van der Waals surface area contributed by atoms with E-state index in [1.54, 1.807) is 56.9 Å². The Kier molecular flexibility index (Phi) is 6.35. The Balaban J connectivity index is 1.61. The van der Waals surface area contributed by atoms with Gasteiger partial charge in [0.05, 0.1) is 11.9 Å². The molecule has 1 amide bonds. The monoisotopic (exact) mass is 409 g/mol. The summed E-state index contributed by atoms with van der Waals surface area (Å²) >= 11 is 0. The van der Waals surface area contributed by atoms with E-state index in [0.717, 1.165) is 11.1 Å². The van der Waals surface area contributed by atoms with Crippen LogP contribution in [0.15, 0.2) is 47.6 Å². The molecule has 30 heavy (non-hydrogen) atoms. The number of anilines is 1. The molecule has 0 aliphatic rings. The van der Waals surface area contributed by atoms with Gasteiger partial charge in [0, 0.05) is 18.2 Å². The Labute approximate surface area is 173 Å². The smallest absolute Gasteiger partial charge is 0.413 e. The van der Waals surface area contributed by atoms with Crippen LogP contribution in [0, 0.1) is 0 Å². The Morgan fingerprint density at radius 3 is 2.73 bits per heavy atom. The Morgan fingerprint density at radius 1 is 1.20 bits per heavy atom. The molecule has 0 aliphatic heterocycles. The number of oxime groups is 1. The summed E-state index contributed by atoms with van der Waals surface area (Å²) in [5.41, 5.74) is 1.66. The highest BCUT2D eigenvalue weighted by molar-refractivity contribution is 5.88. The predicted octanol–water partition coefficient (Wildman–Crippen LogP) is 3.17. The molecule has 10 nitrogen and oxygen atoms in total. The number of hydrogen-bond acceptors (Lipinski definition) is 8. The molecule has 0 atom stereocenters. The maximum Gasteiger partial charge on any atom is 0.413 e. The fourth-order valence-corrected chi connectivity index (χ4v) is 2.51. The van der Waals surface area contributed by atoms with Gasteiger partial charge in [0.15, 0.2) is 12.4 Å². The second-order valence-electron chi connectivity index (χ2n) is 7.36. The molecule has 3 aromatic rings. The highest BCUT2D eigenvalue weighted by Gasteiger charge is 2.16. The zero-order valence-electron chi connectivity index (χ0n) is 17.2. The lowest BCUT2D eigenvalue weighted by atomic mass is 10.1. The first-order valence-electron chi connectivity index (χ1n) is 9.25. The second kappa shape index (κ2) is 9.12. The third-order valence-corrected chi connectivity index (χ3v) is 3.74. The number of aromatic nitrogens is 5. The normalized spacial score (nSPS) is 11.5. The first-order valence-corrected chi connectivity index (χ1v) is 9.25. The van der Waals surface area contributed by atoms with Gasteiger partial charge in [0.1, 0.15) is 11.4 Å². The summed E-state index contributed by atoms with van der Waals surface area (Å²) < 4.78 is 6.80. The molecule has 10 heteroatoms. The van der Waals surface area contributed by atoms with Gasteiger partial charge in [-0.2, -0.15) is 0 Å². The average molecular weight is 409 g/mol. The lowest BCUT2D eigenvalue weighted by Gasteiger charge is -2.19. The summed E-state index contributed by atoms with van der Waals surface area (Å²) in [7, 11) is 1.77. The molecule has 0 saturated heterocycles. The van der Waals surface area contributed by atoms with E-state index in [0.29, 0.717) is 17.3 Å². The van der Waals surface area contributed by atoms with Gasteiger partial charge < -0.3 is 9.57 Å². The summed E-state index contributed by atoms with van der Waals surface area (Å²) in [6.07, 6.45) is 1.02. The van der Waals surface area contributed by atoms with Crippen molar-refractivity contribution in [1.82, 2.24) is 25.2 Å². The molecule has 0 radical (unpaired) electrons. The summed E-state index contributed by atoms with van der Waals surface area (Å²) in [6.45, 7) is 5.51. The number of benzene rings is 1. The van der Waals surface area contributed by atoms with Crippen molar-refractivity contribution in [1.29, 1.82) is 0 Å². The molecule has 1 N–H and O–H groups in total. The van der Waals surface area contributed by atoms with Crippen LogP contribution in [0.1, 0.15) is 32.0 Å². The quantitative estimate of drug-likeness (QED) is 0.491. The van der Waals surface area contributed by atoms with E-state index in [4.69, 9.17) is 9.57 Å². The Hall–Kier alpha value is -3.82. The number of carbonyl (C=O) groups excluding carboxylic acids is 1. The Morgan fingerprint density at radius 2 is 2.00 bits per heavy atom. The Bertz CT molecular complexity index is 1040. The summed E-state index contributed by atoms with van der Waals surface area (Å²) in [4.78, 5) is 21.6.